The third-order valence-corrected chi connectivity index (χ3v) is 3.76. The second-order valence-corrected chi connectivity index (χ2v) is 6.18. The molecule has 0 fully saturated rings. The van der Waals surface area contributed by atoms with Crippen LogP contribution in [0.2, 0.25) is 0 Å². The van der Waals surface area contributed by atoms with Crippen molar-refractivity contribution < 1.29 is 28.5 Å². The fourth-order valence-electron chi connectivity index (χ4n) is 2.38. The summed E-state index contributed by atoms with van der Waals surface area (Å²) in [7, 11) is 0. The highest BCUT2D eigenvalue weighted by molar-refractivity contribution is 5.80. The predicted molar refractivity (Wildman–Crippen MR) is 108 cm³/mol. The molecule has 0 saturated heterocycles. The molecule has 29 heavy (non-hydrogen) atoms. The van der Waals surface area contributed by atoms with E-state index in [0.29, 0.717) is 25.5 Å². The lowest BCUT2D eigenvalue weighted by Crippen LogP contribution is -2.32. The largest absolute Gasteiger partial charge is 0.494 e. The van der Waals surface area contributed by atoms with Gasteiger partial charge in [0, 0.05) is 0 Å². The molecule has 0 spiro atoms. The normalized spacial score (nSPS) is 10.1. The molecule has 156 valence electrons. The maximum Gasteiger partial charge on any atom is 0.309 e. The Kier molecular flexibility index (Phi) is 9.35. The highest BCUT2D eigenvalue weighted by Gasteiger charge is 2.08. The molecule has 7 nitrogen and oxygen atoms in total. The summed E-state index contributed by atoms with van der Waals surface area (Å²) in [4.78, 5) is 23.4. The number of aryl methyl sites for hydroxylation is 1. The lowest BCUT2D eigenvalue weighted by atomic mass is 10.2. The first kappa shape index (κ1) is 22.1. The Balaban J connectivity index is 1.53. The molecular formula is C22H27NO6. The molecule has 2 aromatic rings. The van der Waals surface area contributed by atoms with E-state index < -0.39 is 5.97 Å². The molecule has 2 aromatic carbocycles. The van der Waals surface area contributed by atoms with Gasteiger partial charge in [0.05, 0.1) is 26.2 Å². The number of rotatable bonds is 12. The number of benzene rings is 2. The summed E-state index contributed by atoms with van der Waals surface area (Å²) in [5.41, 5.74) is 1.10. The minimum absolute atomic E-state index is 0.0525. The summed E-state index contributed by atoms with van der Waals surface area (Å²) in [6.45, 7) is 4.98. The first-order valence-electron chi connectivity index (χ1n) is 9.54. The van der Waals surface area contributed by atoms with Crippen LogP contribution in [0.5, 0.6) is 17.2 Å². The average molecular weight is 401 g/mol. The second kappa shape index (κ2) is 12.3. The van der Waals surface area contributed by atoms with Gasteiger partial charge in [0.2, 0.25) is 0 Å². The van der Waals surface area contributed by atoms with Crippen molar-refractivity contribution >= 4 is 11.9 Å². The van der Waals surface area contributed by atoms with Gasteiger partial charge in [0.1, 0.15) is 23.9 Å². The third kappa shape index (κ3) is 9.01. The van der Waals surface area contributed by atoms with Crippen molar-refractivity contribution in [2.45, 2.75) is 20.3 Å². The van der Waals surface area contributed by atoms with Gasteiger partial charge in [-0.05, 0) is 55.8 Å². The molecule has 0 radical (unpaired) electrons. The molecule has 0 aromatic heterocycles. The fraction of sp³-hybridized carbons (Fsp3) is 0.364. The monoisotopic (exact) mass is 401 g/mol. The number of carbonyl (C=O) groups is 2. The maximum atomic E-state index is 11.7. The summed E-state index contributed by atoms with van der Waals surface area (Å²) in [5.74, 6) is 1.26. The van der Waals surface area contributed by atoms with Gasteiger partial charge in [-0.25, -0.2) is 0 Å². The van der Waals surface area contributed by atoms with Crippen molar-refractivity contribution in [2.75, 3.05) is 33.0 Å². The molecule has 0 saturated carbocycles. The van der Waals surface area contributed by atoms with Crippen LogP contribution in [0, 0.1) is 6.92 Å². The second-order valence-electron chi connectivity index (χ2n) is 6.18. The van der Waals surface area contributed by atoms with E-state index in [1.165, 1.54) is 0 Å². The predicted octanol–water partition coefficient (Wildman–Crippen LogP) is 2.90. The summed E-state index contributed by atoms with van der Waals surface area (Å²) in [6.07, 6.45) is 0.0525. The number of hydrogen-bond acceptors (Lipinski definition) is 6. The van der Waals surface area contributed by atoms with E-state index in [4.69, 9.17) is 18.9 Å². The Bertz CT molecular complexity index is 775. The Labute approximate surface area is 170 Å². The van der Waals surface area contributed by atoms with E-state index in [9.17, 15) is 9.59 Å². The van der Waals surface area contributed by atoms with Crippen molar-refractivity contribution in [3.63, 3.8) is 0 Å². The zero-order chi connectivity index (χ0) is 20.9. The molecule has 2 rings (SSSR count). The van der Waals surface area contributed by atoms with Crippen molar-refractivity contribution in [3.8, 4) is 17.2 Å². The SMILES string of the molecule is CCOc1ccc(OCCC(=O)OCC(=O)NCCOc2cccc(C)c2)cc1. The van der Waals surface area contributed by atoms with Crippen LogP contribution in [0.25, 0.3) is 0 Å². The van der Waals surface area contributed by atoms with E-state index in [0.717, 1.165) is 17.1 Å². The lowest BCUT2D eigenvalue weighted by Gasteiger charge is -2.09. The van der Waals surface area contributed by atoms with Crippen molar-refractivity contribution in [1.82, 2.24) is 5.32 Å². The van der Waals surface area contributed by atoms with Crippen LogP contribution in [-0.4, -0.2) is 44.8 Å². The molecule has 0 aliphatic heterocycles. The highest BCUT2D eigenvalue weighted by atomic mass is 16.5. The molecule has 1 amide bonds. The molecule has 1 N–H and O–H groups in total. The van der Waals surface area contributed by atoms with E-state index in [2.05, 4.69) is 5.32 Å². The summed E-state index contributed by atoms with van der Waals surface area (Å²) in [6, 6.07) is 14.8. The van der Waals surface area contributed by atoms with Crippen molar-refractivity contribution in [2.24, 2.45) is 0 Å². The lowest BCUT2D eigenvalue weighted by molar-refractivity contribution is -0.149. The highest BCUT2D eigenvalue weighted by Crippen LogP contribution is 2.17. The van der Waals surface area contributed by atoms with Crippen molar-refractivity contribution in [1.29, 1.82) is 0 Å². The summed E-state index contributed by atoms with van der Waals surface area (Å²) in [5, 5.41) is 2.64. The zero-order valence-corrected chi connectivity index (χ0v) is 16.8. The minimum Gasteiger partial charge on any atom is -0.494 e. The number of carbonyl (C=O) groups excluding carboxylic acids is 2. The number of ether oxygens (including phenoxy) is 4. The average Bonchev–Trinajstić information content (AvgIpc) is 2.71. The van der Waals surface area contributed by atoms with E-state index in [1.807, 2.05) is 38.1 Å². The molecular weight excluding hydrogens is 374 g/mol. The van der Waals surface area contributed by atoms with Crippen LogP contribution in [0.15, 0.2) is 48.5 Å². The van der Waals surface area contributed by atoms with Crippen LogP contribution in [0.4, 0.5) is 0 Å². The Morgan fingerprint density at radius 1 is 0.897 bits per heavy atom. The van der Waals surface area contributed by atoms with Gasteiger partial charge in [0.25, 0.3) is 5.91 Å². The zero-order valence-electron chi connectivity index (χ0n) is 16.8. The molecule has 0 atom stereocenters. The molecule has 7 heteroatoms. The molecule has 0 bridgehead atoms. The van der Waals surface area contributed by atoms with Crippen LogP contribution in [0.1, 0.15) is 18.9 Å². The first-order chi connectivity index (χ1) is 14.1. The van der Waals surface area contributed by atoms with Gasteiger partial charge in [-0.3, -0.25) is 9.59 Å². The number of nitrogens with one attached hydrogen (secondary N) is 1. The topological polar surface area (TPSA) is 83.1 Å². The fourth-order valence-corrected chi connectivity index (χ4v) is 2.38. The summed E-state index contributed by atoms with van der Waals surface area (Å²) >= 11 is 0. The number of amides is 1. The van der Waals surface area contributed by atoms with E-state index in [1.54, 1.807) is 24.3 Å². The van der Waals surface area contributed by atoms with Gasteiger partial charge in [0.15, 0.2) is 6.61 Å². The molecule has 0 aliphatic rings. The van der Waals surface area contributed by atoms with Crippen molar-refractivity contribution in [3.05, 3.63) is 54.1 Å². The Morgan fingerprint density at radius 2 is 1.59 bits per heavy atom. The van der Waals surface area contributed by atoms with Crippen LogP contribution < -0.4 is 19.5 Å². The smallest absolute Gasteiger partial charge is 0.309 e. The number of esters is 1. The van der Waals surface area contributed by atoms with Gasteiger partial charge < -0.3 is 24.3 Å². The van der Waals surface area contributed by atoms with Crippen LogP contribution in [0.3, 0.4) is 0 Å². The number of hydrogen-bond donors (Lipinski definition) is 1. The quantitative estimate of drug-likeness (QED) is 0.435. The molecule has 0 heterocycles. The first-order valence-corrected chi connectivity index (χ1v) is 9.54. The molecule has 0 unspecified atom stereocenters. The van der Waals surface area contributed by atoms with Gasteiger partial charge in [-0.2, -0.15) is 0 Å². The van der Waals surface area contributed by atoms with Gasteiger partial charge in [-0.1, -0.05) is 12.1 Å². The maximum absolute atomic E-state index is 11.7. The van der Waals surface area contributed by atoms with Gasteiger partial charge in [-0.15, -0.1) is 0 Å². The third-order valence-electron chi connectivity index (χ3n) is 3.76. The van der Waals surface area contributed by atoms with E-state index >= 15 is 0 Å². The Morgan fingerprint density at radius 3 is 2.28 bits per heavy atom. The molecule has 0 aliphatic carbocycles. The van der Waals surface area contributed by atoms with Crippen LogP contribution in [-0.2, 0) is 14.3 Å². The standard InChI is InChI=1S/C22H27NO6/c1-3-26-18-7-9-19(10-8-18)27-13-11-22(25)29-16-21(24)23-12-14-28-20-6-4-5-17(2)15-20/h4-10,15H,3,11-14,16H2,1-2H3,(H,23,24). The van der Waals surface area contributed by atoms with Gasteiger partial charge >= 0.3 is 5.97 Å². The van der Waals surface area contributed by atoms with E-state index in [-0.39, 0.29) is 25.5 Å². The van der Waals surface area contributed by atoms with Crippen LogP contribution >= 0.6 is 0 Å². The minimum atomic E-state index is -0.498. The Hall–Kier alpha value is -3.22. The summed E-state index contributed by atoms with van der Waals surface area (Å²) < 4.78 is 21.3.